The molecule has 0 atom stereocenters. The van der Waals surface area contributed by atoms with Crippen LogP contribution in [0, 0.1) is 0 Å². The highest BCUT2D eigenvalue weighted by Crippen LogP contribution is 2.34. The molecule has 1 heterocycles. The molecule has 0 aliphatic carbocycles. The van der Waals surface area contributed by atoms with Crippen molar-refractivity contribution in [3.63, 3.8) is 0 Å². The lowest BCUT2D eigenvalue weighted by Crippen LogP contribution is -2.23. The lowest BCUT2D eigenvalue weighted by Gasteiger charge is -2.07. The standard InChI is InChI=1S/C23H21N3O4/c1-15(11-22(27)24-18-9-10-20-21(13-18)30-14-29-20)25-26-23(28)12-17-7-4-6-16-5-2-3-8-19(16)17/h2-10,13H,11-12,14H2,1H3,(H,24,27)(H,26,28)/b25-15+. The summed E-state index contributed by atoms with van der Waals surface area (Å²) in [5, 5.41) is 8.96. The zero-order valence-electron chi connectivity index (χ0n) is 16.5. The maximum atomic E-state index is 12.3. The molecule has 0 unspecified atom stereocenters. The number of hydrogen-bond donors (Lipinski definition) is 2. The zero-order valence-corrected chi connectivity index (χ0v) is 16.5. The van der Waals surface area contributed by atoms with E-state index in [2.05, 4.69) is 15.8 Å². The van der Waals surface area contributed by atoms with Crippen molar-refractivity contribution in [1.29, 1.82) is 0 Å². The van der Waals surface area contributed by atoms with E-state index in [9.17, 15) is 9.59 Å². The van der Waals surface area contributed by atoms with Crippen LogP contribution in [0.15, 0.2) is 65.8 Å². The molecule has 30 heavy (non-hydrogen) atoms. The molecule has 4 rings (SSSR count). The van der Waals surface area contributed by atoms with E-state index in [4.69, 9.17) is 9.47 Å². The van der Waals surface area contributed by atoms with Gasteiger partial charge in [0.05, 0.1) is 12.8 Å². The van der Waals surface area contributed by atoms with E-state index in [1.54, 1.807) is 25.1 Å². The minimum absolute atomic E-state index is 0.0585. The second kappa shape index (κ2) is 8.65. The van der Waals surface area contributed by atoms with Gasteiger partial charge in [0.15, 0.2) is 11.5 Å². The van der Waals surface area contributed by atoms with Gasteiger partial charge in [0, 0.05) is 17.5 Å². The van der Waals surface area contributed by atoms with Crippen LogP contribution in [0.1, 0.15) is 18.9 Å². The average molecular weight is 403 g/mol. The molecular weight excluding hydrogens is 382 g/mol. The van der Waals surface area contributed by atoms with Crippen molar-refractivity contribution in [2.75, 3.05) is 12.1 Å². The van der Waals surface area contributed by atoms with Crippen LogP contribution in [0.4, 0.5) is 5.69 Å². The van der Waals surface area contributed by atoms with Gasteiger partial charge < -0.3 is 14.8 Å². The number of carbonyl (C=O) groups is 2. The third-order valence-electron chi connectivity index (χ3n) is 4.68. The monoisotopic (exact) mass is 403 g/mol. The van der Waals surface area contributed by atoms with Crippen molar-refractivity contribution in [3.05, 3.63) is 66.2 Å². The quantitative estimate of drug-likeness (QED) is 0.486. The number of nitrogens with one attached hydrogen (secondary N) is 2. The molecule has 0 aromatic heterocycles. The van der Waals surface area contributed by atoms with E-state index in [1.165, 1.54) is 0 Å². The van der Waals surface area contributed by atoms with E-state index in [1.807, 2.05) is 42.5 Å². The van der Waals surface area contributed by atoms with Crippen molar-refractivity contribution in [2.24, 2.45) is 5.10 Å². The third kappa shape index (κ3) is 4.57. The highest BCUT2D eigenvalue weighted by Gasteiger charge is 2.14. The van der Waals surface area contributed by atoms with Crippen LogP contribution in [0.3, 0.4) is 0 Å². The molecule has 0 saturated carbocycles. The summed E-state index contributed by atoms with van der Waals surface area (Å²) in [5.74, 6) is 0.777. The summed E-state index contributed by atoms with van der Waals surface area (Å²) in [5.41, 5.74) is 4.57. The zero-order chi connectivity index (χ0) is 20.9. The molecular formula is C23H21N3O4. The molecule has 0 spiro atoms. The molecule has 152 valence electrons. The Balaban J connectivity index is 1.31. The van der Waals surface area contributed by atoms with Gasteiger partial charge in [-0.2, -0.15) is 5.10 Å². The van der Waals surface area contributed by atoms with Crippen molar-refractivity contribution in [2.45, 2.75) is 19.8 Å². The Morgan fingerprint density at radius 3 is 2.67 bits per heavy atom. The molecule has 0 saturated heterocycles. The van der Waals surface area contributed by atoms with Gasteiger partial charge in [-0.1, -0.05) is 42.5 Å². The first-order chi connectivity index (χ1) is 14.6. The molecule has 3 aromatic carbocycles. The first-order valence-corrected chi connectivity index (χ1v) is 9.56. The number of hydrogen-bond acceptors (Lipinski definition) is 5. The van der Waals surface area contributed by atoms with Crippen LogP contribution in [0.25, 0.3) is 10.8 Å². The van der Waals surface area contributed by atoms with Gasteiger partial charge in [0.1, 0.15) is 0 Å². The first kappa shape index (κ1) is 19.4. The van der Waals surface area contributed by atoms with Crippen LogP contribution in [-0.4, -0.2) is 24.3 Å². The van der Waals surface area contributed by atoms with Gasteiger partial charge in [0.25, 0.3) is 0 Å². The van der Waals surface area contributed by atoms with Gasteiger partial charge in [-0.05, 0) is 35.4 Å². The van der Waals surface area contributed by atoms with Gasteiger partial charge >= 0.3 is 0 Å². The number of ether oxygens (including phenoxy) is 2. The predicted molar refractivity (Wildman–Crippen MR) is 115 cm³/mol. The number of rotatable bonds is 6. The normalized spacial score (nSPS) is 12.6. The van der Waals surface area contributed by atoms with Crippen LogP contribution in [-0.2, 0) is 16.0 Å². The fourth-order valence-electron chi connectivity index (χ4n) is 3.27. The average Bonchev–Trinajstić information content (AvgIpc) is 3.20. The molecule has 0 fully saturated rings. The Labute approximate surface area is 173 Å². The maximum absolute atomic E-state index is 12.3. The number of benzene rings is 3. The minimum atomic E-state index is -0.238. The van der Waals surface area contributed by atoms with Crippen molar-refractivity contribution in [1.82, 2.24) is 5.43 Å². The number of fused-ring (bicyclic) bond motifs is 2. The Bertz CT molecular complexity index is 1140. The van der Waals surface area contributed by atoms with Crippen LogP contribution in [0.5, 0.6) is 11.5 Å². The molecule has 1 aliphatic rings. The Kier molecular flexibility index (Phi) is 5.61. The SMILES string of the molecule is C/C(CC(=O)Nc1ccc2c(c1)OCO2)=N\NC(=O)Cc1cccc2ccccc12. The minimum Gasteiger partial charge on any atom is -0.454 e. The lowest BCUT2D eigenvalue weighted by atomic mass is 10.0. The van der Waals surface area contributed by atoms with E-state index in [0.717, 1.165) is 16.3 Å². The van der Waals surface area contributed by atoms with Crippen molar-refractivity contribution in [3.8, 4) is 11.5 Å². The maximum Gasteiger partial charge on any atom is 0.244 e. The highest BCUT2D eigenvalue weighted by molar-refractivity contribution is 6.05. The molecule has 1 aliphatic heterocycles. The molecule has 3 aromatic rings. The fraction of sp³-hybridized carbons (Fsp3) is 0.174. The molecule has 7 nitrogen and oxygen atoms in total. The van der Waals surface area contributed by atoms with E-state index in [0.29, 0.717) is 22.9 Å². The first-order valence-electron chi connectivity index (χ1n) is 9.56. The van der Waals surface area contributed by atoms with Crippen LogP contribution < -0.4 is 20.2 Å². The number of hydrazone groups is 1. The van der Waals surface area contributed by atoms with Gasteiger partial charge in [-0.25, -0.2) is 5.43 Å². The molecule has 2 N–H and O–H groups in total. The molecule has 0 bridgehead atoms. The van der Waals surface area contributed by atoms with Gasteiger partial charge in [-0.3, -0.25) is 9.59 Å². The van der Waals surface area contributed by atoms with E-state index >= 15 is 0 Å². The summed E-state index contributed by atoms with van der Waals surface area (Å²) in [6.45, 7) is 1.87. The molecule has 0 radical (unpaired) electrons. The fourth-order valence-corrected chi connectivity index (χ4v) is 3.27. The second-order valence-electron chi connectivity index (χ2n) is 6.99. The summed E-state index contributed by atoms with van der Waals surface area (Å²) in [4.78, 5) is 24.5. The number of amides is 2. The Hall–Kier alpha value is -3.87. The lowest BCUT2D eigenvalue weighted by molar-refractivity contribution is -0.120. The summed E-state index contributed by atoms with van der Waals surface area (Å²) in [6, 6.07) is 19.0. The van der Waals surface area contributed by atoms with E-state index < -0.39 is 0 Å². The summed E-state index contributed by atoms with van der Waals surface area (Å²) in [7, 11) is 0. The van der Waals surface area contributed by atoms with Crippen molar-refractivity contribution >= 4 is 34.0 Å². The summed E-state index contributed by atoms with van der Waals surface area (Å²) < 4.78 is 10.5. The smallest absolute Gasteiger partial charge is 0.244 e. The largest absolute Gasteiger partial charge is 0.454 e. The van der Waals surface area contributed by atoms with Crippen molar-refractivity contribution < 1.29 is 19.1 Å². The van der Waals surface area contributed by atoms with Crippen LogP contribution in [0.2, 0.25) is 0 Å². The number of carbonyl (C=O) groups excluding carboxylic acids is 2. The molecule has 2 amide bonds. The second-order valence-corrected chi connectivity index (χ2v) is 6.99. The Morgan fingerprint density at radius 2 is 1.77 bits per heavy atom. The Morgan fingerprint density at radius 1 is 0.967 bits per heavy atom. The molecule has 7 heteroatoms. The van der Waals surface area contributed by atoms with Gasteiger partial charge in [0.2, 0.25) is 18.6 Å². The van der Waals surface area contributed by atoms with Crippen LogP contribution >= 0.6 is 0 Å². The topological polar surface area (TPSA) is 89.0 Å². The summed E-state index contributed by atoms with van der Waals surface area (Å²) >= 11 is 0. The number of nitrogens with zero attached hydrogens (tertiary/aromatic N) is 1. The highest BCUT2D eigenvalue weighted by atomic mass is 16.7. The van der Waals surface area contributed by atoms with Gasteiger partial charge in [-0.15, -0.1) is 0 Å². The number of anilines is 1. The summed E-state index contributed by atoms with van der Waals surface area (Å²) in [6.07, 6.45) is 0.268. The van der Waals surface area contributed by atoms with E-state index in [-0.39, 0.29) is 31.4 Å². The third-order valence-corrected chi connectivity index (χ3v) is 4.68. The predicted octanol–water partition coefficient (Wildman–Crippen LogP) is 3.63.